The SMILES string of the molecule is COc1cccc2c1CCNC2C(C)C. The summed E-state index contributed by atoms with van der Waals surface area (Å²) in [6.45, 7) is 5.56. The Morgan fingerprint density at radius 2 is 2.20 bits per heavy atom. The van der Waals surface area contributed by atoms with Gasteiger partial charge in [-0.25, -0.2) is 0 Å². The van der Waals surface area contributed by atoms with Gasteiger partial charge in [-0.05, 0) is 30.5 Å². The van der Waals surface area contributed by atoms with E-state index < -0.39 is 0 Å². The molecule has 1 unspecified atom stereocenters. The Morgan fingerprint density at radius 1 is 1.40 bits per heavy atom. The second-order valence-electron chi connectivity index (χ2n) is 4.45. The van der Waals surface area contributed by atoms with Gasteiger partial charge in [0.1, 0.15) is 5.75 Å². The van der Waals surface area contributed by atoms with E-state index in [1.54, 1.807) is 7.11 Å². The monoisotopic (exact) mass is 205 g/mol. The summed E-state index contributed by atoms with van der Waals surface area (Å²) in [5.41, 5.74) is 2.80. The van der Waals surface area contributed by atoms with Gasteiger partial charge < -0.3 is 10.1 Å². The molecule has 0 amide bonds. The number of hydrogen-bond donors (Lipinski definition) is 1. The van der Waals surface area contributed by atoms with E-state index in [0.717, 1.165) is 18.7 Å². The first-order valence-corrected chi connectivity index (χ1v) is 5.63. The van der Waals surface area contributed by atoms with Crippen LogP contribution in [-0.4, -0.2) is 13.7 Å². The van der Waals surface area contributed by atoms with Crippen LogP contribution in [0.25, 0.3) is 0 Å². The van der Waals surface area contributed by atoms with E-state index in [-0.39, 0.29) is 0 Å². The standard InChI is InChI=1S/C13H19NO/c1-9(2)13-11-5-4-6-12(15-3)10(11)7-8-14-13/h4-6,9,13-14H,7-8H2,1-3H3. The first-order valence-electron chi connectivity index (χ1n) is 5.63. The summed E-state index contributed by atoms with van der Waals surface area (Å²) in [6.07, 6.45) is 1.07. The minimum atomic E-state index is 0.476. The third-order valence-electron chi connectivity index (χ3n) is 3.13. The summed E-state index contributed by atoms with van der Waals surface area (Å²) in [5, 5.41) is 3.57. The molecular formula is C13H19NO. The summed E-state index contributed by atoms with van der Waals surface area (Å²) in [6, 6.07) is 6.83. The predicted molar refractivity (Wildman–Crippen MR) is 62.3 cm³/mol. The molecule has 0 aromatic heterocycles. The molecule has 1 aliphatic heterocycles. The van der Waals surface area contributed by atoms with Crippen LogP contribution >= 0.6 is 0 Å². The zero-order chi connectivity index (χ0) is 10.8. The fraction of sp³-hybridized carbons (Fsp3) is 0.538. The van der Waals surface area contributed by atoms with Crippen molar-refractivity contribution >= 4 is 0 Å². The van der Waals surface area contributed by atoms with Crippen LogP contribution in [0, 0.1) is 5.92 Å². The molecule has 82 valence electrons. The van der Waals surface area contributed by atoms with Crippen molar-refractivity contribution in [1.29, 1.82) is 0 Å². The van der Waals surface area contributed by atoms with Gasteiger partial charge in [0.2, 0.25) is 0 Å². The first-order chi connectivity index (χ1) is 7.24. The smallest absolute Gasteiger partial charge is 0.122 e. The van der Waals surface area contributed by atoms with Crippen molar-refractivity contribution < 1.29 is 4.74 Å². The highest BCUT2D eigenvalue weighted by Gasteiger charge is 2.24. The van der Waals surface area contributed by atoms with Crippen LogP contribution in [0.2, 0.25) is 0 Å². The van der Waals surface area contributed by atoms with Gasteiger partial charge in [0.15, 0.2) is 0 Å². The van der Waals surface area contributed by atoms with E-state index in [1.165, 1.54) is 11.1 Å². The molecule has 1 aromatic rings. The quantitative estimate of drug-likeness (QED) is 0.801. The van der Waals surface area contributed by atoms with Crippen molar-refractivity contribution in [3.05, 3.63) is 29.3 Å². The molecule has 1 aromatic carbocycles. The highest BCUT2D eigenvalue weighted by atomic mass is 16.5. The number of fused-ring (bicyclic) bond motifs is 1. The molecule has 0 saturated heterocycles. The second-order valence-corrected chi connectivity index (χ2v) is 4.45. The van der Waals surface area contributed by atoms with Crippen molar-refractivity contribution in [3.63, 3.8) is 0 Å². The largest absolute Gasteiger partial charge is 0.496 e. The third kappa shape index (κ3) is 1.86. The normalized spacial score (nSPS) is 20.1. The van der Waals surface area contributed by atoms with Crippen LogP contribution in [0.1, 0.15) is 31.0 Å². The van der Waals surface area contributed by atoms with Crippen LogP contribution < -0.4 is 10.1 Å². The Hall–Kier alpha value is -1.02. The lowest BCUT2D eigenvalue weighted by Gasteiger charge is -2.30. The molecule has 0 saturated carbocycles. The lowest BCUT2D eigenvalue weighted by molar-refractivity contribution is 0.374. The molecule has 1 heterocycles. The number of benzene rings is 1. The molecule has 0 bridgehead atoms. The van der Waals surface area contributed by atoms with Crippen molar-refractivity contribution in [3.8, 4) is 5.75 Å². The number of hydrogen-bond acceptors (Lipinski definition) is 2. The Kier molecular flexibility index (Phi) is 2.96. The van der Waals surface area contributed by atoms with E-state index in [4.69, 9.17) is 4.74 Å². The molecule has 15 heavy (non-hydrogen) atoms. The van der Waals surface area contributed by atoms with Gasteiger partial charge >= 0.3 is 0 Å². The fourth-order valence-electron chi connectivity index (χ4n) is 2.39. The maximum absolute atomic E-state index is 5.41. The van der Waals surface area contributed by atoms with Crippen molar-refractivity contribution in [1.82, 2.24) is 5.32 Å². The van der Waals surface area contributed by atoms with Crippen LogP contribution in [0.4, 0.5) is 0 Å². The highest BCUT2D eigenvalue weighted by Crippen LogP contribution is 2.33. The van der Waals surface area contributed by atoms with Gasteiger partial charge in [0, 0.05) is 11.6 Å². The van der Waals surface area contributed by atoms with E-state index in [1.807, 2.05) is 0 Å². The topological polar surface area (TPSA) is 21.3 Å². The summed E-state index contributed by atoms with van der Waals surface area (Å²) in [7, 11) is 1.75. The molecule has 1 atom stereocenters. The molecule has 2 rings (SSSR count). The molecule has 0 spiro atoms. The molecule has 0 radical (unpaired) electrons. The Labute approximate surface area is 91.6 Å². The maximum atomic E-state index is 5.41. The Balaban J connectivity index is 2.44. The lowest BCUT2D eigenvalue weighted by atomic mass is 9.87. The summed E-state index contributed by atoms with van der Waals surface area (Å²) >= 11 is 0. The van der Waals surface area contributed by atoms with Crippen LogP contribution in [-0.2, 0) is 6.42 Å². The summed E-state index contributed by atoms with van der Waals surface area (Å²) in [5.74, 6) is 1.66. The molecule has 0 aliphatic carbocycles. The lowest BCUT2D eigenvalue weighted by Crippen LogP contribution is -2.33. The van der Waals surface area contributed by atoms with Gasteiger partial charge in [0.25, 0.3) is 0 Å². The van der Waals surface area contributed by atoms with Gasteiger partial charge in [-0.2, -0.15) is 0 Å². The second kappa shape index (κ2) is 4.23. The Morgan fingerprint density at radius 3 is 2.87 bits per heavy atom. The van der Waals surface area contributed by atoms with E-state index >= 15 is 0 Å². The minimum Gasteiger partial charge on any atom is -0.496 e. The summed E-state index contributed by atoms with van der Waals surface area (Å²) in [4.78, 5) is 0. The van der Waals surface area contributed by atoms with E-state index in [2.05, 4.69) is 37.4 Å². The number of nitrogens with one attached hydrogen (secondary N) is 1. The number of ether oxygens (including phenoxy) is 1. The minimum absolute atomic E-state index is 0.476. The first kappa shape index (κ1) is 10.5. The average molecular weight is 205 g/mol. The zero-order valence-electron chi connectivity index (χ0n) is 9.71. The van der Waals surface area contributed by atoms with E-state index in [0.29, 0.717) is 12.0 Å². The van der Waals surface area contributed by atoms with Gasteiger partial charge in [-0.1, -0.05) is 26.0 Å². The van der Waals surface area contributed by atoms with Crippen molar-refractivity contribution in [2.45, 2.75) is 26.3 Å². The molecule has 0 fully saturated rings. The zero-order valence-corrected chi connectivity index (χ0v) is 9.71. The average Bonchev–Trinajstić information content (AvgIpc) is 2.27. The van der Waals surface area contributed by atoms with Crippen LogP contribution in [0.5, 0.6) is 5.75 Å². The van der Waals surface area contributed by atoms with Gasteiger partial charge in [-0.3, -0.25) is 0 Å². The number of methoxy groups -OCH3 is 1. The molecule has 2 heteroatoms. The molecule has 1 aliphatic rings. The molecular weight excluding hydrogens is 186 g/mol. The molecule has 1 N–H and O–H groups in total. The van der Waals surface area contributed by atoms with Gasteiger partial charge in [0.05, 0.1) is 7.11 Å². The van der Waals surface area contributed by atoms with Gasteiger partial charge in [-0.15, -0.1) is 0 Å². The number of rotatable bonds is 2. The highest BCUT2D eigenvalue weighted by molar-refractivity contribution is 5.43. The van der Waals surface area contributed by atoms with Crippen LogP contribution in [0.15, 0.2) is 18.2 Å². The predicted octanol–water partition coefficient (Wildman–Crippen LogP) is 2.54. The maximum Gasteiger partial charge on any atom is 0.122 e. The molecule has 2 nitrogen and oxygen atoms in total. The van der Waals surface area contributed by atoms with E-state index in [9.17, 15) is 0 Å². The third-order valence-corrected chi connectivity index (χ3v) is 3.13. The van der Waals surface area contributed by atoms with Crippen molar-refractivity contribution in [2.75, 3.05) is 13.7 Å². The van der Waals surface area contributed by atoms with Crippen LogP contribution in [0.3, 0.4) is 0 Å². The van der Waals surface area contributed by atoms with Crippen molar-refractivity contribution in [2.24, 2.45) is 5.92 Å². The Bertz CT molecular complexity index is 346. The fourth-order valence-corrected chi connectivity index (χ4v) is 2.39. The summed E-state index contributed by atoms with van der Waals surface area (Å²) < 4.78 is 5.41.